The molecule has 1 aromatic heterocycles. The number of rotatable bonds is 5. The first kappa shape index (κ1) is 14.2. The van der Waals surface area contributed by atoms with E-state index in [1.807, 2.05) is 0 Å². The van der Waals surface area contributed by atoms with Crippen LogP contribution in [-0.2, 0) is 18.3 Å². The predicted octanol–water partition coefficient (Wildman–Crippen LogP) is 3.56. The van der Waals surface area contributed by atoms with Crippen molar-refractivity contribution in [3.8, 4) is 0 Å². The predicted molar refractivity (Wildman–Crippen MR) is 86.3 cm³/mol. The van der Waals surface area contributed by atoms with Gasteiger partial charge in [0.1, 0.15) is 0 Å². The van der Waals surface area contributed by atoms with E-state index in [4.69, 9.17) is 0 Å². The van der Waals surface area contributed by atoms with Gasteiger partial charge in [0.25, 0.3) is 0 Å². The van der Waals surface area contributed by atoms with Crippen molar-refractivity contribution in [1.29, 1.82) is 0 Å². The largest absolute Gasteiger partial charge is 0.353 e. The second-order valence-electron chi connectivity index (χ2n) is 6.18. The van der Waals surface area contributed by atoms with Crippen LogP contribution in [0.3, 0.4) is 0 Å². The third-order valence-electron chi connectivity index (χ3n) is 4.55. The molecule has 1 aromatic carbocycles. The Hall–Kier alpha value is -1.77. The normalized spacial score (nSPS) is 15.7. The van der Waals surface area contributed by atoms with E-state index >= 15 is 0 Å². The SMILES string of the molecule is Cn1cc(CCCC(=O)NC2CCCC2)c2ccccc21. The van der Waals surface area contributed by atoms with E-state index in [0.29, 0.717) is 12.5 Å². The summed E-state index contributed by atoms with van der Waals surface area (Å²) in [5.41, 5.74) is 2.62. The van der Waals surface area contributed by atoms with Crippen molar-refractivity contribution in [2.24, 2.45) is 7.05 Å². The highest BCUT2D eigenvalue weighted by atomic mass is 16.1. The molecule has 1 N–H and O–H groups in total. The number of carbonyl (C=O) groups excluding carboxylic acids is 1. The fourth-order valence-corrected chi connectivity index (χ4v) is 3.43. The molecular formula is C18H24N2O. The topological polar surface area (TPSA) is 34.0 Å². The van der Waals surface area contributed by atoms with E-state index in [2.05, 4.69) is 47.4 Å². The fraction of sp³-hybridized carbons (Fsp3) is 0.500. The standard InChI is InChI=1S/C18H24N2O/c1-20-13-14(16-10-4-5-11-17(16)20)7-6-12-18(21)19-15-8-2-3-9-15/h4-5,10-11,13,15H,2-3,6-9,12H2,1H3,(H,19,21). The van der Waals surface area contributed by atoms with Crippen LogP contribution in [-0.4, -0.2) is 16.5 Å². The summed E-state index contributed by atoms with van der Waals surface area (Å²) in [5.74, 6) is 0.224. The van der Waals surface area contributed by atoms with Crippen molar-refractivity contribution in [2.75, 3.05) is 0 Å². The monoisotopic (exact) mass is 284 g/mol. The Labute approximate surface area is 126 Å². The average molecular weight is 284 g/mol. The van der Waals surface area contributed by atoms with E-state index in [1.54, 1.807) is 0 Å². The molecule has 0 bridgehead atoms. The van der Waals surface area contributed by atoms with Crippen molar-refractivity contribution in [1.82, 2.24) is 9.88 Å². The first-order valence-electron chi connectivity index (χ1n) is 8.06. The molecule has 112 valence electrons. The van der Waals surface area contributed by atoms with Gasteiger partial charge in [-0.05, 0) is 37.3 Å². The summed E-state index contributed by atoms with van der Waals surface area (Å²) >= 11 is 0. The quantitative estimate of drug-likeness (QED) is 0.895. The lowest BCUT2D eigenvalue weighted by molar-refractivity contribution is -0.121. The number of amides is 1. The van der Waals surface area contributed by atoms with Crippen molar-refractivity contribution in [3.63, 3.8) is 0 Å². The molecule has 21 heavy (non-hydrogen) atoms. The number of hydrogen-bond acceptors (Lipinski definition) is 1. The minimum Gasteiger partial charge on any atom is -0.353 e. The number of hydrogen-bond donors (Lipinski definition) is 1. The van der Waals surface area contributed by atoms with Crippen molar-refractivity contribution >= 4 is 16.8 Å². The zero-order valence-electron chi connectivity index (χ0n) is 12.8. The maximum absolute atomic E-state index is 11.9. The summed E-state index contributed by atoms with van der Waals surface area (Å²) < 4.78 is 2.17. The van der Waals surface area contributed by atoms with Crippen LogP contribution < -0.4 is 5.32 Å². The molecular weight excluding hydrogens is 260 g/mol. The maximum atomic E-state index is 11.9. The molecule has 0 aliphatic heterocycles. The molecule has 1 amide bonds. The number of aromatic nitrogens is 1. The van der Waals surface area contributed by atoms with E-state index in [0.717, 1.165) is 25.7 Å². The summed E-state index contributed by atoms with van der Waals surface area (Å²) in [6.07, 6.45) is 9.58. The minimum absolute atomic E-state index is 0.224. The van der Waals surface area contributed by atoms with Crippen molar-refractivity contribution in [2.45, 2.75) is 51.0 Å². The molecule has 1 aliphatic rings. The van der Waals surface area contributed by atoms with E-state index < -0.39 is 0 Å². The Balaban J connectivity index is 1.53. The van der Waals surface area contributed by atoms with Gasteiger partial charge < -0.3 is 9.88 Å². The molecule has 1 fully saturated rings. The molecule has 0 unspecified atom stereocenters. The third-order valence-corrected chi connectivity index (χ3v) is 4.55. The number of carbonyl (C=O) groups is 1. The molecule has 1 saturated carbocycles. The molecule has 0 saturated heterocycles. The van der Waals surface area contributed by atoms with Crippen LogP contribution in [0.15, 0.2) is 30.5 Å². The van der Waals surface area contributed by atoms with Gasteiger partial charge in [0.2, 0.25) is 5.91 Å². The summed E-state index contributed by atoms with van der Waals surface area (Å²) in [4.78, 5) is 11.9. The number of aryl methyl sites for hydroxylation is 2. The molecule has 3 nitrogen and oxygen atoms in total. The van der Waals surface area contributed by atoms with E-state index in [9.17, 15) is 4.79 Å². The van der Waals surface area contributed by atoms with Gasteiger partial charge in [-0.1, -0.05) is 31.0 Å². The van der Waals surface area contributed by atoms with Crippen LogP contribution in [0.2, 0.25) is 0 Å². The maximum Gasteiger partial charge on any atom is 0.220 e. The van der Waals surface area contributed by atoms with Crippen molar-refractivity contribution in [3.05, 3.63) is 36.0 Å². The Morgan fingerprint density at radius 2 is 2.05 bits per heavy atom. The van der Waals surface area contributed by atoms with Crippen LogP contribution in [0, 0.1) is 0 Å². The van der Waals surface area contributed by atoms with Crippen LogP contribution in [0.25, 0.3) is 10.9 Å². The lowest BCUT2D eigenvalue weighted by atomic mass is 10.1. The molecule has 0 radical (unpaired) electrons. The number of nitrogens with one attached hydrogen (secondary N) is 1. The average Bonchev–Trinajstić information content (AvgIpc) is 3.09. The first-order valence-corrected chi connectivity index (χ1v) is 8.06. The van der Waals surface area contributed by atoms with Gasteiger partial charge in [-0.15, -0.1) is 0 Å². The highest BCUT2D eigenvalue weighted by Gasteiger charge is 2.16. The zero-order valence-corrected chi connectivity index (χ0v) is 12.8. The smallest absolute Gasteiger partial charge is 0.220 e. The molecule has 1 heterocycles. The van der Waals surface area contributed by atoms with E-state index in [-0.39, 0.29) is 5.91 Å². The van der Waals surface area contributed by atoms with E-state index in [1.165, 1.54) is 29.3 Å². The van der Waals surface area contributed by atoms with Crippen LogP contribution >= 0.6 is 0 Å². The molecule has 0 spiro atoms. The van der Waals surface area contributed by atoms with Crippen molar-refractivity contribution < 1.29 is 4.79 Å². The molecule has 3 rings (SSSR count). The van der Waals surface area contributed by atoms with Gasteiger partial charge >= 0.3 is 0 Å². The number of benzene rings is 1. The lowest BCUT2D eigenvalue weighted by Crippen LogP contribution is -2.32. The highest BCUT2D eigenvalue weighted by Crippen LogP contribution is 2.22. The second-order valence-corrected chi connectivity index (χ2v) is 6.18. The summed E-state index contributed by atoms with van der Waals surface area (Å²) in [6.45, 7) is 0. The van der Waals surface area contributed by atoms with Gasteiger partial charge in [0.15, 0.2) is 0 Å². The number of fused-ring (bicyclic) bond motifs is 1. The van der Waals surface area contributed by atoms with Crippen LogP contribution in [0.1, 0.15) is 44.1 Å². The third kappa shape index (κ3) is 3.29. The van der Waals surface area contributed by atoms with Crippen LogP contribution in [0.4, 0.5) is 0 Å². The summed E-state index contributed by atoms with van der Waals surface area (Å²) in [6, 6.07) is 8.91. The number of nitrogens with zero attached hydrogens (tertiary/aromatic N) is 1. The van der Waals surface area contributed by atoms with Gasteiger partial charge in [0.05, 0.1) is 0 Å². The Morgan fingerprint density at radius 3 is 2.86 bits per heavy atom. The molecule has 1 aliphatic carbocycles. The first-order chi connectivity index (χ1) is 10.2. The summed E-state index contributed by atoms with van der Waals surface area (Å²) in [5, 5.41) is 4.48. The molecule has 3 heteroatoms. The molecule has 0 atom stereocenters. The lowest BCUT2D eigenvalue weighted by Gasteiger charge is -2.11. The molecule has 2 aromatic rings. The number of para-hydroxylation sites is 1. The van der Waals surface area contributed by atoms with Gasteiger partial charge in [0, 0.05) is 36.6 Å². The van der Waals surface area contributed by atoms with Gasteiger partial charge in [-0.25, -0.2) is 0 Å². The minimum atomic E-state index is 0.224. The fourth-order valence-electron chi connectivity index (χ4n) is 3.43. The summed E-state index contributed by atoms with van der Waals surface area (Å²) in [7, 11) is 2.08. The second kappa shape index (κ2) is 6.33. The zero-order chi connectivity index (χ0) is 14.7. The van der Waals surface area contributed by atoms with Gasteiger partial charge in [-0.2, -0.15) is 0 Å². The van der Waals surface area contributed by atoms with Crippen LogP contribution in [0.5, 0.6) is 0 Å². The Kier molecular flexibility index (Phi) is 4.28. The highest BCUT2D eigenvalue weighted by molar-refractivity contribution is 5.84. The van der Waals surface area contributed by atoms with Gasteiger partial charge in [-0.3, -0.25) is 4.79 Å². The Morgan fingerprint density at radius 1 is 1.29 bits per heavy atom. The Bertz CT molecular complexity index is 623.